The van der Waals surface area contributed by atoms with Gasteiger partial charge in [-0.2, -0.15) is 0 Å². The van der Waals surface area contributed by atoms with Crippen LogP contribution in [0.1, 0.15) is 24.5 Å². The van der Waals surface area contributed by atoms with Crippen molar-refractivity contribution in [3.05, 3.63) is 29.3 Å². The molecule has 1 aliphatic heterocycles. The van der Waals surface area contributed by atoms with Crippen molar-refractivity contribution >= 4 is 0 Å². The Labute approximate surface area is 108 Å². The highest BCUT2D eigenvalue weighted by molar-refractivity contribution is 5.38. The zero-order chi connectivity index (χ0) is 12.4. The molecule has 1 heterocycles. The van der Waals surface area contributed by atoms with E-state index in [2.05, 4.69) is 30.4 Å². The van der Waals surface area contributed by atoms with E-state index < -0.39 is 0 Å². The van der Waals surface area contributed by atoms with Gasteiger partial charge in [0.1, 0.15) is 18.5 Å². The summed E-state index contributed by atoms with van der Waals surface area (Å²) < 4.78 is 11.7. The molecule has 1 fully saturated rings. The van der Waals surface area contributed by atoms with Crippen LogP contribution in [0.3, 0.4) is 0 Å². The first kappa shape index (κ1) is 12.0. The van der Waals surface area contributed by atoms with Crippen molar-refractivity contribution in [2.75, 3.05) is 19.7 Å². The second-order valence-electron chi connectivity index (χ2n) is 5.32. The van der Waals surface area contributed by atoms with E-state index in [4.69, 9.17) is 9.47 Å². The maximum atomic E-state index is 5.85. The minimum atomic E-state index is 0.169. The summed E-state index contributed by atoms with van der Waals surface area (Å²) in [6, 6.07) is 6.49. The number of benzene rings is 1. The Bertz CT molecular complexity index is 419. The average Bonchev–Trinajstić information content (AvgIpc) is 2.84. The van der Waals surface area contributed by atoms with Crippen LogP contribution in [0.25, 0.3) is 0 Å². The molecule has 0 radical (unpaired) electrons. The maximum absolute atomic E-state index is 5.85. The number of fused-ring (bicyclic) bond motifs is 1. The third-order valence-electron chi connectivity index (χ3n) is 3.73. The Morgan fingerprint density at radius 1 is 1.28 bits per heavy atom. The minimum Gasteiger partial charge on any atom is -0.491 e. The lowest BCUT2D eigenvalue weighted by Gasteiger charge is -2.28. The van der Waals surface area contributed by atoms with Crippen molar-refractivity contribution in [2.24, 2.45) is 0 Å². The minimum absolute atomic E-state index is 0.169. The van der Waals surface area contributed by atoms with E-state index in [1.807, 2.05) is 0 Å². The Balaban J connectivity index is 1.56. The van der Waals surface area contributed by atoms with Crippen LogP contribution in [0.4, 0.5) is 0 Å². The molecule has 98 valence electrons. The van der Waals surface area contributed by atoms with Gasteiger partial charge < -0.3 is 14.8 Å². The van der Waals surface area contributed by atoms with Gasteiger partial charge in [-0.3, -0.25) is 0 Å². The highest BCUT2D eigenvalue weighted by atomic mass is 16.5. The monoisotopic (exact) mass is 247 g/mol. The van der Waals surface area contributed by atoms with Crippen LogP contribution in [0.2, 0.25) is 0 Å². The Morgan fingerprint density at radius 2 is 2.17 bits per heavy atom. The quantitative estimate of drug-likeness (QED) is 0.885. The Morgan fingerprint density at radius 3 is 3.06 bits per heavy atom. The zero-order valence-electron chi connectivity index (χ0n) is 10.9. The third-order valence-corrected chi connectivity index (χ3v) is 3.73. The molecule has 1 aromatic carbocycles. The van der Waals surface area contributed by atoms with E-state index in [1.165, 1.54) is 30.4 Å². The van der Waals surface area contributed by atoms with Gasteiger partial charge in [0.05, 0.1) is 6.10 Å². The number of morpholine rings is 1. The molecular formula is C15H21NO2. The normalized spacial score (nSPS) is 26.9. The molecule has 0 saturated carbocycles. The van der Waals surface area contributed by atoms with Gasteiger partial charge in [-0.1, -0.05) is 6.07 Å². The molecule has 2 unspecified atom stereocenters. The molecule has 0 aromatic heterocycles. The summed E-state index contributed by atoms with van der Waals surface area (Å²) in [7, 11) is 0. The van der Waals surface area contributed by atoms with Gasteiger partial charge in [0.15, 0.2) is 0 Å². The highest BCUT2D eigenvalue weighted by Gasteiger charge is 2.19. The van der Waals surface area contributed by atoms with Crippen LogP contribution in [0.5, 0.6) is 5.75 Å². The largest absolute Gasteiger partial charge is 0.491 e. The second-order valence-corrected chi connectivity index (χ2v) is 5.32. The molecule has 18 heavy (non-hydrogen) atoms. The van der Waals surface area contributed by atoms with E-state index in [1.54, 1.807) is 0 Å². The molecule has 0 amide bonds. The third kappa shape index (κ3) is 2.68. The van der Waals surface area contributed by atoms with Crippen molar-refractivity contribution in [3.8, 4) is 5.75 Å². The lowest BCUT2D eigenvalue weighted by atomic mass is 10.1. The fourth-order valence-electron chi connectivity index (χ4n) is 2.80. The van der Waals surface area contributed by atoms with E-state index in [9.17, 15) is 0 Å². The van der Waals surface area contributed by atoms with E-state index in [0.717, 1.165) is 18.8 Å². The molecule has 1 N–H and O–H groups in total. The van der Waals surface area contributed by atoms with Gasteiger partial charge >= 0.3 is 0 Å². The van der Waals surface area contributed by atoms with Crippen LogP contribution < -0.4 is 10.1 Å². The van der Waals surface area contributed by atoms with Gasteiger partial charge in [0, 0.05) is 13.1 Å². The van der Waals surface area contributed by atoms with Crippen molar-refractivity contribution in [2.45, 2.75) is 38.4 Å². The summed E-state index contributed by atoms with van der Waals surface area (Å²) in [6.45, 7) is 4.55. The predicted octanol–water partition coefficient (Wildman–Crippen LogP) is 1.93. The maximum Gasteiger partial charge on any atom is 0.119 e. The highest BCUT2D eigenvalue weighted by Crippen LogP contribution is 2.26. The first-order valence-corrected chi connectivity index (χ1v) is 6.92. The fraction of sp³-hybridized carbons (Fsp3) is 0.600. The number of hydrogen-bond donors (Lipinski definition) is 1. The molecule has 2 aliphatic rings. The van der Waals surface area contributed by atoms with Crippen LogP contribution in [0.15, 0.2) is 18.2 Å². The molecule has 2 atom stereocenters. The van der Waals surface area contributed by atoms with Crippen molar-refractivity contribution < 1.29 is 9.47 Å². The van der Waals surface area contributed by atoms with Crippen LogP contribution in [0, 0.1) is 0 Å². The first-order valence-electron chi connectivity index (χ1n) is 6.92. The number of hydrogen-bond acceptors (Lipinski definition) is 3. The second kappa shape index (κ2) is 5.29. The molecule has 3 heteroatoms. The van der Waals surface area contributed by atoms with Crippen molar-refractivity contribution in [3.63, 3.8) is 0 Å². The summed E-state index contributed by atoms with van der Waals surface area (Å²) in [5.41, 5.74) is 2.95. The van der Waals surface area contributed by atoms with E-state index in [0.29, 0.717) is 6.61 Å². The van der Waals surface area contributed by atoms with E-state index in [-0.39, 0.29) is 12.2 Å². The van der Waals surface area contributed by atoms with Crippen LogP contribution in [-0.2, 0) is 17.6 Å². The standard InChI is InChI=1S/C15H21NO2/c1-11-8-16-9-15(18-11)10-17-14-6-5-12-3-2-4-13(12)7-14/h5-7,11,15-16H,2-4,8-10H2,1H3. The number of ether oxygens (including phenoxy) is 2. The zero-order valence-corrected chi connectivity index (χ0v) is 10.9. The number of nitrogens with one attached hydrogen (secondary N) is 1. The molecule has 0 bridgehead atoms. The number of aryl methyl sites for hydroxylation is 2. The molecule has 1 aliphatic carbocycles. The molecule has 1 saturated heterocycles. The van der Waals surface area contributed by atoms with Crippen LogP contribution >= 0.6 is 0 Å². The lowest BCUT2D eigenvalue weighted by molar-refractivity contribution is -0.0470. The van der Waals surface area contributed by atoms with Crippen molar-refractivity contribution in [1.82, 2.24) is 5.32 Å². The van der Waals surface area contributed by atoms with Gasteiger partial charge in [-0.15, -0.1) is 0 Å². The van der Waals surface area contributed by atoms with Gasteiger partial charge in [0.2, 0.25) is 0 Å². The Hall–Kier alpha value is -1.06. The summed E-state index contributed by atoms with van der Waals surface area (Å²) in [5.74, 6) is 0.984. The summed E-state index contributed by atoms with van der Waals surface area (Å²) in [4.78, 5) is 0. The summed E-state index contributed by atoms with van der Waals surface area (Å²) in [6.07, 6.45) is 4.16. The fourth-order valence-corrected chi connectivity index (χ4v) is 2.80. The molecule has 0 spiro atoms. The smallest absolute Gasteiger partial charge is 0.119 e. The lowest BCUT2D eigenvalue weighted by Crippen LogP contribution is -2.45. The summed E-state index contributed by atoms with van der Waals surface area (Å²) >= 11 is 0. The molecule has 3 nitrogen and oxygen atoms in total. The topological polar surface area (TPSA) is 30.5 Å². The van der Waals surface area contributed by atoms with E-state index >= 15 is 0 Å². The molecule has 3 rings (SSSR count). The predicted molar refractivity (Wildman–Crippen MR) is 71.2 cm³/mol. The Kier molecular flexibility index (Phi) is 3.52. The molecular weight excluding hydrogens is 226 g/mol. The van der Waals surface area contributed by atoms with Gasteiger partial charge in [-0.25, -0.2) is 0 Å². The SMILES string of the molecule is CC1CNCC(COc2ccc3c(c2)CCC3)O1. The summed E-state index contributed by atoms with van der Waals surface area (Å²) in [5, 5.41) is 3.36. The van der Waals surface area contributed by atoms with Gasteiger partial charge in [-0.05, 0) is 49.4 Å². The average molecular weight is 247 g/mol. The van der Waals surface area contributed by atoms with Gasteiger partial charge in [0.25, 0.3) is 0 Å². The van der Waals surface area contributed by atoms with Crippen LogP contribution in [-0.4, -0.2) is 31.9 Å². The first-order chi connectivity index (χ1) is 8.81. The van der Waals surface area contributed by atoms with Crippen molar-refractivity contribution in [1.29, 1.82) is 0 Å². The molecule has 1 aromatic rings. The number of rotatable bonds is 3.